The van der Waals surface area contributed by atoms with Crippen LogP contribution in [-0.2, 0) is 14.6 Å². The van der Waals surface area contributed by atoms with E-state index in [1.807, 2.05) is 13.8 Å². The molecule has 0 aromatic heterocycles. The second-order valence-corrected chi connectivity index (χ2v) is 7.17. The van der Waals surface area contributed by atoms with E-state index >= 15 is 0 Å². The van der Waals surface area contributed by atoms with Crippen molar-refractivity contribution in [2.75, 3.05) is 18.6 Å². The van der Waals surface area contributed by atoms with E-state index in [0.29, 0.717) is 0 Å². The van der Waals surface area contributed by atoms with Crippen LogP contribution in [0, 0.1) is 5.92 Å². The third-order valence-electron chi connectivity index (χ3n) is 3.21. The molecule has 0 aromatic carbocycles. The number of carbonyl (C=O) groups is 1. The molecule has 0 spiro atoms. The van der Waals surface area contributed by atoms with E-state index in [1.54, 1.807) is 0 Å². The Hall–Kier alpha value is -0.660. The summed E-state index contributed by atoms with van der Waals surface area (Å²) < 4.78 is 21.9. The Morgan fingerprint density at radius 2 is 1.84 bits per heavy atom. The molecule has 0 saturated carbocycles. The highest BCUT2D eigenvalue weighted by atomic mass is 32.2. The maximum Gasteiger partial charge on any atom is 0.237 e. The standard InChI is InChI=1S/C12H26N2O4S/c1-4-9(5-2)11(15)8-14-12(16)10(13)6-7-19(3,17)18/h9-11,15H,4-8,13H2,1-3H3,(H,14,16). The summed E-state index contributed by atoms with van der Waals surface area (Å²) in [6, 6.07) is -0.858. The van der Waals surface area contributed by atoms with Crippen molar-refractivity contribution in [1.82, 2.24) is 5.32 Å². The Bertz CT molecular complexity index is 366. The summed E-state index contributed by atoms with van der Waals surface area (Å²) in [6.45, 7) is 4.12. The Morgan fingerprint density at radius 1 is 1.32 bits per heavy atom. The van der Waals surface area contributed by atoms with Crippen LogP contribution in [0.15, 0.2) is 0 Å². The molecule has 7 heteroatoms. The van der Waals surface area contributed by atoms with Gasteiger partial charge in [0.15, 0.2) is 0 Å². The normalized spacial score (nSPS) is 15.3. The van der Waals surface area contributed by atoms with Gasteiger partial charge < -0.3 is 16.2 Å². The van der Waals surface area contributed by atoms with Crippen molar-refractivity contribution in [1.29, 1.82) is 0 Å². The van der Waals surface area contributed by atoms with Crippen molar-refractivity contribution in [3.8, 4) is 0 Å². The third kappa shape index (κ3) is 8.18. The van der Waals surface area contributed by atoms with Gasteiger partial charge in [-0.3, -0.25) is 4.79 Å². The number of hydrogen-bond donors (Lipinski definition) is 3. The smallest absolute Gasteiger partial charge is 0.237 e. The molecule has 0 heterocycles. The van der Waals surface area contributed by atoms with Crippen LogP contribution in [0.5, 0.6) is 0 Å². The summed E-state index contributed by atoms with van der Waals surface area (Å²) in [7, 11) is -3.11. The van der Waals surface area contributed by atoms with Crippen LogP contribution in [0.2, 0.25) is 0 Å². The van der Waals surface area contributed by atoms with E-state index in [1.165, 1.54) is 0 Å². The second kappa shape index (κ2) is 8.50. The first-order valence-corrected chi connectivity index (χ1v) is 8.66. The van der Waals surface area contributed by atoms with E-state index in [-0.39, 0.29) is 24.6 Å². The molecule has 0 rings (SSSR count). The van der Waals surface area contributed by atoms with E-state index in [0.717, 1.165) is 19.1 Å². The minimum Gasteiger partial charge on any atom is -0.391 e. The lowest BCUT2D eigenvalue weighted by Crippen LogP contribution is -2.45. The van der Waals surface area contributed by atoms with Crippen LogP contribution in [0.1, 0.15) is 33.1 Å². The molecule has 0 fully saturated rings. The lowest BCUT2D eigenvalue weighted by atomic mass is 9.96. The molecule has 4 N–H and O–H groups in total. The van der Waals surface area contributed by atoms with Crippen LogP contribution in [-0.4, -0.2) is 50.1 Å². The topological polar surface area (TPSA) is 109 Å². The monoisotopic (exact) mass is 294 g/mol. The summed E-state index contributed by atoms with van der Waals surface area (Å²) in [5, 5.41) is 12.4. The third-order valence-corrected chi connectivity index (χ3v) is 4.19. The molecule has 0 bridgehead atoms. The van der Waals surface area contributed by atoms with Crippen LogP contribution < -0.4 is 11.1 Å². The summed E-state index contributed by atoms with van der Waals surface area (Å²) in [5.41, 5.74) is 5.59. The van der Waals surface area contributed by atoms with Gasteiger partial charge in [0.05, 0.1) is 17.9 Å². The Kier molecular flexibility index (Phi) is 8.20. The first-order valence-electron chi connectivity index (χ1n) is 6.60. The van der Waals surface area contributed by atoms with Crippen molar-refractivity contribution < 1.29 is 18.3 Å². The lowest BCUT2D eigenvalue weighted by Gasteiger charge is -2.21. The number of rotatable bonds is 9. The first-order chi connectivity index (χ1) is 8.71. The molecule has 1 amide bonds. The van der Waals surface area contributed by atoms with E-state index in [2.05, 4.69) is 5.32 Å². The molecule has 0 radical (unpaired) electrons. The van der Waals surface area contributed by atoms with Crippen LogP contribution in [0.4, 0.5) is 0 Å². The zero-order valence-corrected chi connectivity index (χ0v) is 12.7. The fraction of sp³-hybridized carbons (Fsp3) is 0.917. The van der Waals surface area contributed by atoms with Gasteiger partial charge in [0.25, 0.3) is 0 Å². The van der Waals surface area contributed by atoms with Crippen molar-refractivity contribution in [2.45, 2.75) is 45.3 Å². The Balaban J connectivity index is 4.10. The molecule has 2 atom stereocenters. The molecule has 0 saturated heterocycles. The van der Waals surface area contributed by atoms with Gasteiger partial charge in [-0.15, -0.1) is 0 Å². The maximum absolute atomic E-state index is 11.6. The molecular weight excluding hydrogens is 268 g/mol. The second-order valence-electron chi connectivity index (χ2n) is 4.91. The van der Waals surface area contributed by atoms with Gasteiger partial charge in [-0.2, -0.15) is 0 Å². The molecule has 0 aromatic rings. The van der Waals surface area contributed by atoms with Gasteiger partial charge in [0, 0.05) is 12.8 Å². The SMILES string of the molecule is CCC(CC)C(O)CNC(=O)C(N)CCS(C)(=O)=O. The Labute approximate surface area is 115 Å². The highest BCUT2D eigenvalue weighted by Crippen LogP contribution is 2.12. The van der Waals surface area contributed by atoms with Crippen molar-refractivity contribution in [2.24, 2.45) is 11.7 Å². The summed E-state index contributed by atoms with van der Waals surface area (Å²) in [6.07, 6.45) is 2.28. The summed E-state index contributed by atoms with van der Waals surface area (Å²) in [5.74, 6) is -0.391. The summed E-state index contributed by atoms with van der Waals surface area (Å²) >= 11 is 0. The van der Waals surface area contributed by atoms with Gasteiger partial charge in [-0.05, 0) is 12.3 Å². The number of nitrogens with one attached hydrogen (secondary N) is 1. The highest BCUT2D eigenvalue weighted by molar-refractivity contribution is 7.90. The minimum atomic E-state index is -3.11. The van der Waals surface area contributed by atoms with Gasteiger partial charge in [-0.25, -0.2) is 8.42 Å². The van der Waals surface area contributed by atoms with Gasteiger partial charge in [0.2, 0.25) is 5.91 Å². The molecule has 2 unspecified atom stereocenters. The number of carbonyl (C=O) groups excluding carboxylic acids is 1. The predicted octanol–water partition coefficient (Wildman–Crippen LogP) is -0.338. The van der Waals surface area contributed by atoms with Crippen molar-refractivity contribution in [3.05, 3.63) is 0 Å². The van der Waals surface area contributed by atoms with Crippen LogP contribution in [0.3, 0.4) is 0 Å². The average Bonchev–Trinajstić information content (AvgIpc) is 2.33. The first kappa shape index (κ1) is 18.3. The molecule has 114 valence electrons. The lowest BCUT2D eigenvalue weighted by molar-refractivity contribution is -0.123. The van der Waals surface area contributed by atoms with Gasteiger partial charge in [0.1, 0.15) is 9.84 Å². The Morgan fingerprint density at radius 3 is 2.26 bits per heavy atom. The molecule has 0 aliphatic heterocycles. The molecule has 6 nitrogen and oxygen atoms in total. The van der Waals surface area contributed by atoms with E-state index in [9.17, 15) is 18.3 Å². The fourth-order valence-electron chi connectivity index (χ4n) is 1.81. The number of sulfone groups is 1. The largest absolute Gasteiger partial charge is 0.391 e. The zero-order valence-electron chi connectivity index (χ0n) is 11.9. The zero-order chi connectivity index (χ0) is 15.1. The number of hydrogen-bond acceptors (Lipinski definition) is 5. The number of amides is 1. The quantitative estimate of drug-likeness (QED) is 0.539. The maximum atomic E-state index is 11.6. The van der Waals surface area contributed by atoms with Crippen molar-refractivity contribution >= 4 is 15.7 Å². The number of aliphatic hydroxyl groups is 1. The van der Waals surface area contributed by atoms with Crippen LogP contribution >= 0.6 is 0 Å². The van der Waals surface area contributed by atoms with Gasteiger partial charge >= 0.3 is 0 Å². The fourth-order valence-corrected chi connectivity index (χ4v) is 2.49. The van der Waals surface area contributed by atoms with E-state index in [4.69, 9.17) is 5.73 Å². The molecular formula is C12H26N2O4S. The average molecular weight is 294 g/mol. The van der Waals surface area contributed by atoms with Crippen LogP contribution in [0.25, 0.3) is 0 Å². The molecule has 0 aliphatic rings. The highest BCUT2D eigenvalue weighted by Gasteiger charge is 2.19. The number of nitrogens with two attached hydrogens (primary N) is 1. The molecule has 0 aliphatic carbocycles. The summed E-state index contributed by atoms with van der Waals surface area (Å²) in [4.78, 5) is 11.6. The number of aliphatic hydroxyl groups excluding tert-OH is 1. The van der Waals surface area contributed by atoms with Gasteiger partial charge in [-0.1, -0.05) is 26.7 Å². The van der Waals surface area contributed by atoms with E-state index < -0.39 is 27.9 Å². The van der Waals surface area contributed by atoms with Crippen molar-refractivity contribution in [3.63, 3.8) is 0 Å². The molecule has 19 heavy (non-hydrogen) atoms. The predicted molar refractivity (Wildman–Crippen MR) is 75.4 cm³/mol. The minimum absolute atomic E-state index is 0.0890.